The van der Waals surface area contributed by atoms with Gasteiger partial charge in [-0.25, -0.2) is 17.5 Å². The SMILES string of the molecule is CC(C)(C)c1cc(NC(=O)c2cccc(S(=O)(=O)N3CCNC(=O)C3)c2)n(-c2ccc(F)cc2)n1. The predicted molar refractivity (Wildman–Crippen MR) is 128 cm³/mol. The maximum atomic E-state index is 13.4. The van der Waals surface area contributed by atoms with E-state index < -0.39 is 21.7 Å². The van der Waals surface area contributed by atoms with E-state index in [-0.39, 0.29) is 41.4 Å². The Morgan fingerprint density at radius 3 is 2.49 bits per heavy atom. The minimum absolute atomic E-state index is 0.0812. The van der Waals surface area contributed by atoms with Gasteiger partial charge in [0.2, 0.25) is 15.9 Å². The van der Waals surface area contributed by atoms with Crippen LogP contribution in [0.1, 0.15) is 36.8 Å². The minimum atomic E-state index is -3.95. The quantitative estimate of drug-likeness (QED) is 0.560. The van der Waals surface area contributed by atoms with Crippen LogP contribution in [0.2, 0.25) is 0 Å². The first-order chi connectivity index (χ1) is 16.4. The van der Waals surface area contributed by atoms with E-state index in [0.717, 1.165) is 4.31 Å². The van der Waals surface area contributed by atoms with Gasteiger partial charge in [0.05, 0.1) is 22.8 Å². The number of benzene rings is 2. The second-order valence-electron chi connectivity index (χ2n) is 9.22. The first-order valence-electron chi connectivity index (χ1n) is 11.0. The molecule has 1 fully saturated rings. The first-order valence-corrected chi connectivity index (χ1v) is 12.4. The molecule has 184 valence electrons. The Bertz CT molecular complexity index is 1380. The number of piperazine rings is 1. The van der Waals surface area contributed by atoms with Crippen LogP contribution in [0.25, 0.3) is 5.69 Å². The molecule has 0 unspecified atom stereocenters. The molecule has 0 spiro atoms. The molecule has 0 radical (unpaired) electrons. The Balaban J connectivity index is 1.65. The number of aromatic nitrogens is 2. The number of anilines is 1. The van der Waals surface area contributed by atoms with Crippen LogP contribution in [0, 0.1) is 5.82 Å². The second-order valence-corrected chi connectivity index (χ2v) is 11.2. The molecule has 0 atom stereocenters. The van der Waals surface area contributed by atoms with Crippen molar-refractivity contribution >= 4 is 27.7 Å². The van der Waals surface area contributed by atoms with Gasteiger partial charge in [-0.3, -0.25) is 9.59 Å². The molecule has 0 aliphatic carbocycles. The van der Waals surface area contributed by atoms with Gasteiger partial charge < -0.3 is 10.6 Å². The van der Waals surface area contributed by atoms with Crippen molar-refractivity contribution in [1.82, 2.24) is 19.4 Å². The van der Waals surface area contributed by atoms with Crippen LogP contribution in [0.4, 0.5) is 10.2 Å². The number of amides is 2. The van der Waals surface area contributed by atoms with Crippen molar-refractivity contribution in [2.75, 3.05) is 25.0 Å². The minimum Gasteiger partial charge on any atom is -0.354 e. The molecule has 1 aliphatic heterocycles. The van der Waals surface area contributed by atoms with Gasteiger partial charge in [0, 0.05) is 30.1 Å². The largest absolute Gasteiger partial charge is 0.354 e. The molecule has 35 heavy (non-hydrogen) atoms. The summed E-state index contributed by atoms with van der Waals surface area (Å²) in [6.45, 7) is 6.03. The molecule has 0 bridgehead atoms. The topological polar surface area (TPSA) is 113 Å². The van der Waals surface area contributed by atoms with Gasteiger partial charge in [-0.1, -0.05) is 26.8 Å². The second kappa shape index (κ2) is 9.23. The molecule has 1 aliphatic rings. The summed E-state index contributed by atoms with van der Waals surface area (Å²) in [5.74, 6) is -0.959. The van der Waals surface area contributed by atoms with Crippen LogP contribution < -0.4 is 10.6 Å². The zero-order chi connectivity index (χ0) is 25.4. The highest BCUT2D eigenvalue weighted by Gasteiger charge is 2.30. The summed E-state index contributed by atoms with van der Waals surface area (Å²) < 4.78 is 42.1. The Morgan fingerprint density at radius 1 is 1.11 bits per heavy atom. The molecule has 2 heterocycles. The van der Waals surface area contributed by atoms with Crippen molar-refractivity contribution in [3.05, 3.63) is 71.7 Å². The molecule has 1 aromatic heterocycles. The van der Waals surface area contributed by atoms with E-state index in [4.69, 9.17) is 0 Å². The van der Waals surface area contributed by atoms with Gasteiger partial charge in [0.25, 0.3) is 5.91 Å². The van der Waals surface area contributed by atoms with Crippen LogP contribution in [0.15, 0.2) is 59.5 Å². The van der Waals surface area contributed by atoms with Crippen LogP contribution >= 0.6 is 0 Å². The van der Waals surface area contributed by atoms with Gasteiger partial charge >= 0.3 is 0 Å². The Morgan fingerprint density at radius 2 is 1.83 bits per heavy atom. The molecular weight excluding hydrogens is 473 g/mol. The zero-order valence-electron chi connectivity index (χ0n) is 19.6. The fraction of sp³-hybridized carbons (Fsp3) is 0.292. The van der Waals surface area contributed by atoms with E-state index in [0.29, 0.717) is 17.2 Å². The number of hydrogen-bond acceptors (Lipinski definition) is 5. The smallest absolute Gasteiger partial charge is 0.256 e. The predicted octanol–water partition coefficient (Wildman–Crippen LogP) is 2.68. The number of nitrogens with one attached hydrogen (secondary N) is 2. The van der Waals surface area contributed by atoms with Crippen LogP contribution in [-0.2, 0) is 20.2 Å². The fourth-order valence-corrected chi connectivity index (χ4v) is 5.01. The Labute approximate surface area is 203 Å². The van der Waals surface area contributed by atoms with E-state index in [2.05, 4.69) is 15.7 Å². The lowest BCUT2D eigenvalue weighted by Crippen LogP contribution is -2.49. The molecule has 1 saturated heterocycles. The van der Waals surface area contributed by atoms with E-state index in [1.165, 1.54) is 41.1 Å². The van der Waals surface area contributed by atoms with E-state index >= 15 is 0 Å². The number of carbonyl (C=O) groups is 2. The van der Waals surface area contributed by atoms with Crippen LogP contribution in [0.5, 0.6) is 0 Å². The van der Waals surface area contributed by atoms with Crippen molar-refractivity contribution in [2.45, 2.75) is 31.1 Å². The molecule has 0 saturated carbocycles. The highest BCUT2D eigenvalue weighted by molar-refractivity contribution is 7.89. The summed E-state index contributed by atoms with van der Waals surface area (Å²) in [4.78, 5) is 24.7. The number of rotatable bonds is 5. The van der Waals surface area contributed by atoms with Crippen molar-refractivity contribution in [1.29, 1.82) is 0 Å². The van der Waals surface area contributed by atoms with E-state index in [9.17, 15) is 22.4 Å². The Kier molecular flexibility index (Phi) is 6.48. The summed E-state index contributed by atoms with van der Waals surface area (Å²) in [5, 5.41) is 9.97. The zero-order valence-corrected chi connectivity index (χ0v) is 20.4. The summed E-state index contributed by atoms with van der Waals surface area (Å²) in [6, 6.07) is 13.1. The number of sulfonamides is 1. The lowest BCUT2D eigenvalue weighted by atomic mass is 9.92. The fourth-order valence-electron chi connectivity index (χ4n) is 3.57. The standard InChI is InChI=1S/C24H26FN5O4S/c1-24(2,3)20-14-21(30(28-20)18-9-7-17(25)8-10-18)27-23(32)16-5-4-6-19(13-16)35(33,34)29-12-11-26-22(31)15-29/h4-10,13-14H,11-12,15H2,1-3H3,(H,26,31)(H,27,32). The van der Waals surface area contributed by atoms with Gasteiger partial charge in [0.15, 0.2) is 0 Å². The number of hydrogen-bond donors (Lipinski definition) is 2. The van der Waals surface area contributed by atoms with Crippen molar-refractivity contribution < 1.29 is 22.4 Å². The van der Waals surface area contributed by atoms with E-state index in [1.807, 2.05) is 20.8 Å². The molecule has 4 rings (SSSR count). The van der Waals surface area contributed by atoms with Gasteiger partial charge in [0.1, 0.15) is 11.6 Å². The third kappa shape index (κ3) is 5.25. The summed E-state index contributed by atoms with van der Waals surface area (Å²) >= 11 is 0. The number of carbonyl (C=O) groups excluding carboxylic acids is 2. The molecule has 2 N–H and O–H groups in total. The van der Waals surface area contributed by atoms with E-state index in [1.54, 1.807) is 18.2 Å². The maximum Gasteiger partial charge on any atom is 0.256 e. The summed E-state index contributed by atoms with van der Waals surface area (Å²) in [5.41, 5.74) is 1.06. The maximum absolute atomic E-state index is 13.4. The molecular formula is C24H26FN5O4S. The van der Waals surface area contributed by atoms with Crippen molar-refractivity contribution in [3.63, 3.8) is 0 Å². The average molecular weight is 500 g/mol. The summed E-state index contributed by atoms with van der Waals surface area (Å²) in [7, 11) is -3.95. The van der Waals surface area contributed by atoms with Crippen molar-refractivity contribution in [2.24, 2.45) is 0 Å². The monoisotopic (exact) mass is 499 g/mol. The van der Waals surface area contributed by atoms with Crippen molar-refractivity contribution in [3.8, 4) is 5.69 Å². The van der Waals surface area contributed by atoms with Gasteiger partial charge in [-0.2, -0.15) is 9.40 Å². The lowest BCUT2D eigenvalue weighted by Gasteiger charge is -2.26. The molecule has 2 amide bonds. The Hall–Kier alpha value is -3.57. The molecule has 11 heteroatoms. The number of halogens is 1. The molecule has 9 nitrogen and oxygen atoms in total. The average Bonchev–Trinajstić information content (AvgIpc) is 3.24. The lowest BCUT2D eigenvalue weighted by molar-refractivity contribution is -0.122. The van der Waals surface area contributed by atoms with Gasteiger partial charge in [-0.15, -0.1) is 0 Å². The van der Waals surface area contributed by atoms with Gasteiger partial charge in [-0.05, 0) is 42.5 Å². The third-order valence-electron chi connectivity index (χ3n) is 5.53. The normalized spacial score (nSPS) is 15.0. The van der Waals surface area contributed by atoms with Crippen LogP contribution in [-0.4, -0.2) is 54.0 Å². The van der Waals surface area contributed by atoms with Crippen LogP contribution in [0.3, 0.4) is 0 Å². The molecule has 3 aromatic rings. The third-order valence-corrected chi connectivity index (χ3v) is 7.37. The molecule has 2 aromatic carbocycles. The summed E-state index contributed by atoms with van der Waals surface area (Å²) in [6.07, 6.45) is 0. The highest BCUT2D eigenvalue weighted by atomic mass is 32.2. The highest BCUT2D eigenvalue weighted by Crippen LogP contribution is 2.27. The number of nitrogens with zero attached hydrogens (tertiary/aromatic N) is 3. The first kappa shape index (κ1) is 24.6.